The van der Waals surface area contributed by atoms with E-state index in [2.05, 4.69) is 36.8 Å². The Hall–Kier alpha value is -3.29. The molecule has 3 aromatic rings. The standard InChI is InChI=1S/C21H17BrN6O2S/c22-15-8-6-14(7-9-15)19-26-27-20(31-19)25-18(29)17-5-2-10-28(17)21(30)24-16-4-1-3-13(11-16)12-23/h1,3-4,6-9,11,17H,2,5,10H2,(H,24,30)(H,25,27,29)/t17-/m1/s1. The molecule has 0 aliphatic carbocycles. The van der Waals surface area contributed by atoms with Crippen molar-refractivity contribution in [2.45, 2.75) is 18.9 Å². The minimum atomic E-state index is -0.598. The fourth-order valence-corrected chi connectivity index (χ4v) is 4.33. The molecule has 0 radical (unpaired) electrons. The SMILES string of the molecule is N#Cc1cccc(NC(=O)N2CCC[C@@H]2C(=O)Nc2nnc(-c3ccc(Br)cc3)s2)c1. The second-order valence-corrected chi connectivity index (χ2v) is 8.78. The number of urea groups is 1. The zero-order valence-corrected chi connectivity index (χ0v) is 18.6. The molecule has 1 aliphatic heterocycles. The Morgan fingerprint density at radius 3 is 2.74 bits per heavy atom. The van der Waals surface area contributed by atoms with Gasteiger partial charge in [0.2, 0.25) is 11.0 Å². The molecule has 8 nitrogen and oxygen atoms in total. The van der Waals surface area contributed by atoms with E-state index < -0.39 is 6.04 Å². The van der Waals surface area contributed by atoms with Gasteiger partial charge in [0.1, 0.15) is 11.0 Å². The van der Waals surface area contributed by atoms with Crippen molar-refractivity contribution in [2.24, 2.45) is 0 Å². The Labute approximate surface area is 191 Å². The summed E-state index contributed by atoms with van der Waals surface area (Å²) in [5, 5.41) is 23.8. The number of aromatic nitrogens is 2. The Morgan fingerprint density at radius 1 is 1.16 bits per heavy atom. The van der Waals surface area contributed by atoms with Gasteiger partial charge in [-0.2, -0.15) is 5.26 Å². The molecular weight excluding hydrogens is 480 g/mol. The van der Waals surface area contributed by atoms with E-state index in [0.29, 0.717) is 34.4 Å². The molecular formula is C21H17BrN6O2S. The van der Waals surface area contributed by atoms with Crippen molar-refractivity contribution in [3.63, 3.8) is 0 Å². The van der Waals surface area contributed by atoms with Crippen molar-refractivity contribution in [1.29, 1.82) is 5.26 Å². The lowest BCUT2D eigenvalue weighted by Gasteiger charge is -2.23. The highest BCUT2D eigenvalue weighted by Crippen LogP contribution is 2.28. The van der Waals surface area contributed by atoms with E-state index in [1.807, 2.05) is 30.3 Å². The van der Waals surface area contributed by atoms with Crippen molar-refractivity contribution in [1.82, 2.24) is 15.1 Å². The second-order valence-electron chi connectivity index (χ2n) is 6.88. The van der Waals surface area contributed by atoms with Crippen LogP contribution in [0.2, 0.25) is 0 Å². The minimum absolute atomic E-state index is 0.295. The normalized spacial score (nSPS) is 15.4. The third-order valence-corrected chi connectivity index (χ3v) is 6.22. The summed E-state index contributed by atoms with van der Waals surface area (Å²) >= 11 is 4.67. The molecule has 1 aromatic heterocycles. The van der Waals surface area contributed by atoms with E-state index in [9.17, 15) is 9.59 Å². The Morgan fingerprint density at radius 2 is 1.97 bits per heavy atom. The van der Waals surface area contributed by atoms with Gasteiger partial charge in [0.25, 0.3) is 0 Å². The van der Waals surface area contributed by atoms with Gasteiger partial charge in [0, 0.05) is 22.3 Å². The monoisotopic (exact) mass is 496 g/mol. The number of anilines is 2. The molecule has 2 N–H and O–H groups in total. The van der Waals surface area contributed by atoms with Crippen molar-refractivity contribution < 1.29 is 9.59 Å². The molecule has 0 saturated carbocycles. The summed E-state index contributed by atoms with van der Waals surface area (Å²) in [4.78, 5) is 27.1. The van der Waals surface area contributed by atoms with Gasteiger partial charge >= 0.3 is 6.03 Å². The molecule has 3 amide bonds. The van der Waals surface area contributed by atoms with Crippen LogP contribution in [0.25, 0.3) is 10.6 Å². The van der Waals surface area contributed by atoms with Crippen LogP contribution < -0.4 is 10.6 Å². The summed E-state index contributed by atoms with van der Waals surface area (Å²) in [6.45, 7) is 0.474. The van der Waals surface area contributed by atoms with E-state index in [1.165, 1.54) is 16.2 Å². The lowest BCUT2D eigenvalue weighted by Crippen LogP contribution is -2.45. The molecule has 10 heteroatoms. The first-order valence-electron chi connectivity index (χ1n) is 9.51. The topological polar surface area (TPSA) is 111 Å². The number of hydrogen-bond acceptors (Lipinski definition) is 6. The van der Waals surface area contributed by atoms with Gasteiger partial charge in [0.05, 0.1) is 11.6 Å². The number of nitrogens with zero attached hydrogens (tertiary/aromatic N) is 4. The van der Waals surface area contributed by atoms with Crippen LogP contribution in [0.4, 0.5) is 15.6 Å². The molecule has 1 saturated heterocycles. The van der Waals surface area contributed by atoms with Gasteiger partial charge in [-0.15, -0.1) is 10.2 Å². The Balaban J connectivity index is 1.41. The van der Waals surface area contributed by atoms with Crippen molar-refractivity contribution >= 4 is 50.0 Å². The zero-order valence-electron chi connectivity index (χ0n) is 16.2. The number of nitrogens with one attached hydrogen (secondary N) is 2. The fraction of sp³-hybridized carbons (Fsp3) is 0.190. The molecule has 0 unspecified atom stereocenters. The van der Waals surface area contributed by atoms with Gasteiger partial charge in [-0.1, -0.05) is 45.5 Å². The molecule has 1 fully saturated rings. The average molecular weight is 497 g/mol. The third-order valence-electron chi connectivity index (χ3n) is 4.81. The number of carbonyl (C=O) groups is 2. The van der Waals surface area contributed by atoms with E-state index in [4.69, 9.17) is 5.26 Å². The smallest absolute Gasteiger partial charge is 0.312 e. The molecule has 2 heterocycles. The minimum Gasteiger partial charge on any atom is -0.312 e. The molecule has 1 atom stereocenters. The van der Waals surface area contributed by atoms with Gasteiger partial charge in [-0.3, -0.25) is 10.1 Å². The van der Waals surface area contributed by atoms with Gasteiger partial charge in [0.15, 0.2) is 0 Å². The average Bonchev–Trinajstić information content (AvgIpc) is 3.44. The molecule has 156 valence electrons. The van der Waals surface area contributed by atoms with Crippen LogP contribution >= 0.6 is 27.3 Å². The molecule has 31 heavy (non-hydrogen) atoms. The summed E-state index contributed by atoms with van der Waals surface area (Å²) in [6.07, 6.45) is 1.29. The largest absolute Gasteiger partial charge is 0.322 e. The molecule has 0 bridgehead atoms. The quantitative estimate of drug-likeness (QED) is 0.553. The summed E-state index contributed by atoms with van der Waals surface area (Å²) in [5.74, 6) is -0.295. The highest BCUT2D eigenvalue weighted by Gasteiger charge is 2.34. The maximum atomic E-state index is 12.8. The highest BCUT2D eigenvalue weighted by atomic mass is 79.9. The van der Waals surface area contributed by atoms with Gasteiger partial charge in [-0.05, 0) is 43.2 Å². The van der Waals surface area contributed by atoms with Crippen LogP contribution in [-0.2, 0) is 4.79 Å². The number of amides is 3. The number of rotatable bonds is 4. The van der Waals surface area contributed by atoms with Crippen LogP contribution in [-0.4, -0.2) is 39.6 Å². The summed E-state index contributed by atoms with van der Waals surface area (Å²) in [6, 6.07) is 15.4. The van der Waals surface area contributed by atoms with Crippen molar-refractivity contribution in [2.75, 3.05) is 17.2 Å². The highest BCUT2D eigenvalue weighted by molar-refractivity contribution is 9.10. The maximum absolute atomic E-state index is 12.8. The summed E-state index contributed by atoms with van der Waals surface area (Å²) < 4.78 is 0.966. The lowest BCUT2D eigenvalue weighted by molar-refractivity contribution is -0.119. The van der Waals surface area contributed by atoms with E-state index in [-0.39, 0.29) is 11.9 Å². The zero-order chi connectivity index (χ0) is 21.8. The molecule has 2 aromatic carbocycles. The number of carbonyl (C=O) groups excluding carboxylic acids is 2. The maximum Gasteiger partial charge on any atom is 0.322 e. The predicted octanol–water partition coefficient (Wildman–Crippen LogP) is 4.47. The number of nitriles is 1. The number of halogens is 1. The molecule has 4 rings (SSSR count). The first kappa shape index (κ1) is 21.0. The van der Waals surface area contributed by atoms with Crippen molar-refractivity contribution in [3.8, 4) is 16.6 Å². The van der Waals surface area contributed by atoms with Gasteiger partial charge in [-0.25, -0.2) is 4.79 Å². The predicted molar refractivity (Wildman–Crippen MR) is 122 cm³/mol. The molecule has 1 aliphatic rings. The first-order valence-corrected chi connectivity index (χ1v) is 11.1. The Kier molecular flexibility index (Phi) is 6.25. The van der Waals surface area contributed by atoms with Crippen LogP contribution in [0.15, 0.2) is 53.0 Å². The third kappa shape index (κ3) is 4.90. The molecule has 0 spiro atoms. The van der Waals surface area contributed by atoms with Crippen molar-refractivity contribution in [3.05, 3.63) is 58.6 Å². The fourth-order valence-electron chi connectivity index (χ4n) is 3.32. The van der Waals surface area contributed by atoms with Crippen LogP contribution in [0.1, 0.15) is 18.4 Å². The van der Waals surface area contributed by atoms with E-state index in [1.54, 1.807) is 24.3 Å². The summed E-state index contributed by atoms with van der Waals surface area (Å²) in [5.41, 5.74) is 1.87. The second kappa shape index (κ2) is 9.24. The number of benzene rings is 2. The van der Waals surface area contributed by atoms with Crippen LogP contribution in [0, 0.1) is 11.3 Å². The lowest BCUT2D eigenvalue weighted by atomic mass is 10.2. The Bertz CT molecular complexity index is 1160. The van der Waals surface area contributed by atoms with Gasteiger partial charge < -0.3 is 10.2 Å². The first-order chi connectivity index (χ1) is 15.0. The van der Waals surface area contributed by atoms with Crippen LogP contribution in [0.5, 0.6) is 0 Å². The van der Waals surface area contributed by atoms with E-state index >= 15 is 0 Å². The summed E-state index contributed by atoms with van der Waals surface area (Å²) in [7, 11) is 0. The van der Waals surface area contributed by atoms with E-state index in [0.717, 1.165) is 16.5 Å². The van der Waals surface area contributed by atoms with Crippen LogP contribution in [0.3, 0.4) is 0 Å². The number of hydrogen-bond donors (Lipinski definition) is 2. The number of likely N-dealkylation sites (tertiary alicyclic amines) is 1.